The van der Waals surface area contributed by atoms with E-state index in [0.29, 0.717) is 70.1 Å². The number of rotatable bonds is 32. The molecule has 8 aromatic carbocycles. The number of benzene rings is 8. The first-order valence-electron chi connectivity index (χ1n) is 33.7. The van der Waals surface area contributed by atoms with E-state index in [2.05, 4.69) is 149 Å². The lowest BCUT2D eigenvalue weighted by Gasteiger charge is -2.23. The SMILES string of the molecule is NCCN(CCNC(=S)Nc1ccc(/C=C/c2ccc(NC(=S)NNC(=O)C(Nc3ccc(Cl)cc3)C(=O)N/N=C/c3cc(Br)c(O)c(Br)c3)cc2S(=O)(=O)O)c(S(=O)(=O)O)c1)CCNC(=S)Nc1ccc(/C=C/c2ccc(NC(=S)NNC(=O)C(Nc3ccc(Cl)cc3)C(=O)N/N=C/c3cc(Br)c(O)c(Br)c3)cc2S(=O)(=O)O)c(S(=O)(=O)O)c1. The van der Waals surface area contributed by atoms with Crippen molar-refractivity contribution in [1.82, 2.24) is 48.1 Å². The number of hydrazine groups is 2. The molecule has 8 aromatic rings. The zero-order valence-corrected chi connectivity index (χ0v) is 75.1. The minimum atomic E-state index is -5.02. The van der Waals surface area contributed by atoms with Crippen LogP contribution >= 0.6 is 136 Å². The Kier molecular flexibility index (Phi) is 35.0. The fourth-order valence-corrected chi connectivity index (χ4v) is 16.5. The predicted octanol–water partition coefficient (Wildman–Crippen LogP) is 9.21. The Bertz CT molecular complexity index is 5500. The highest BCUT2D eigenvalue weighted by atomic mass is 79.9. The lowest BCUT2D eigenvalue weighted by molar-refractivity contribution is -0.132. The van der Waals surface area contributed by atoms with Gasteiger partial charge in [0.15, 0.2) is 32.5 Å². The van der Waals surface area contributed by atoms with E-state index in [0.717, 1.165) is 48.6 Å². The number of hydrazone groups is 2. The summed E-state index contributed by atoms with van der Waals surface area (Å²) in [5.74, 6) is -3.99. The summed E-state index contributed by atoms with van der Waals surface area (Å²) in [4.78, 5) is 53.0. The number of halogens is 6. The molecular weight excluding hydrogens is 2030 g/mol. The molecule has 2 atom stereocenters. The summed E-state index contributed by atoms with van der Waals surface area (Å²) in [6, 6.07) is 29.3. The molecule has 4 amide bonds. The second-order valence-electron chi connectivity index (χ2n) is 24.4. The third kappa shape index (κ3) is 29.7. The third-order valence-corrected chi connectivity index (χ3v) is 23.2. The second-order valence-corrected chi connectivity index (χ2v) is 35.9. The normalized spacial score (nSPS) is 12.3. The Hall–Kier alpha value is -9.52. The average Bonchev–Trinajstić information content (AvgIpc) is 0.799. The Morgan fingerprint density at radius 2 is 0.683 bits per heavy atom. The highest BCUT2D eigenvalue weighted by Crippen LogP contribution is 2.35. The van der Waals surface area contributed by atoms with E-state index in [1.165, 1.54) is 134 Å². The Labute approximate surface area is 750 Å². The maximum atomic E-state index is 13.5. The zero-order chi connectivity index (χ0) is 88.0. The molecule has 0 bridgehead atoms. The summed E-state index contributed by atoms with van der Waals surface area (Å²) >= 11 is 46.5. The number of phenols is 2. The van der Waals surface area contributed by atoms with Gasteiger partial charge in [-0.05, 0) is 267 Å². The highest BCUT2D eigenvalue weighted by molar-refractivity contribution is 9.11. The largest absolute Gasteiger partial charge is 0.506 e. The van der Waals surface area contributed by atoms with Crippen LogP contribution in [0.4, 0.5) is 34.1 Å². The summed E-state index contributed by atoms with van der Waals surface area (Å²) < 4.78 is 145. The van der Waals surface area contributed by atoms with Crippen molar-refractivity contribution in [2.45, 2.75) is 31.7 Å². The van der Waals surface area contributed by atoms with Crippen molar-refractivity contribution in [1.29, 1.82) is 0 Å². The summed E-state index contributed by atoms with van der Waals surface area (Å²) in [6.07, 6.45) is 7.11. The molecule has 50 heteroatoms. The zero-order valence-electron chi connectivity index (χ0n) is 60.8. The number of aromatic hydroxyl groups is 2. The minimum absolute atomic E-state index is 0.0221. The number of nitrogens with one attached hydrogen (secondary N) is 14. The van der Waals surface area contributed by atoms with E-state index in [4.69, 9.17) is 77.8 Å². The van der Waals surface area contributed by atoms with Crippen molar-refractivity contribution in [2.75, 3.05) is 71.2 Å². The van der Waals surface area contributed by atoms with Gasteiger partial charge in [0.1, 0.15) is 31.1 Å². The van der Waals surface area contributed by atoms with Gasteiger partial charge in [-0.15, -0.1) is 0 Å². The smallest absolute Gasteiger partial charge is 0.295 e. The number of amides is 4. The van der Waals surface area contributed by atoms with Crippen molar-refractivity contribution >= 4 is 291 Å². The van der Waals surface area contributed by atoms with Gasteiger partial charge in [0, 0.05) is 83.4 Å². The monoisotopic (exact) mass is 2090 g/mol. The number of carbonyl (C=O) groups excluding carboxylic acids is 4. The molecule has 0 spiro atoms. The molecule has 0 radical (unpaired) electrons. The van der Waals surface area contributed by atoms with Gasteiger partial charge in [-0.1, -0.05) is 71.8 Å². The van der Waals surface area contributed by atoms with Crippen LogP contribution in [-0.4, -0.2) is 175 Å². The molecule has 0 aliphatic carbocycles. The van der Waals surface area contributed by atoms with Gasteiger partial charge in [0.2, 0.25) is 0 Å². The van der Waals surface area contributed by atoms with Crippen LogP contribution in [-0.2, 0) is 59.7 Å². The van der Waals surface area contributed by atoms with Crippen molar-refractivity contribution in [3.8, 4) is 11.5 Å². The van der Waals surface area contributed by atoms with Gasteiger partial charge in [-0.25, -0.2) is 10.9 Å². The van der Waals surface area contributed by atoms with Gasteiger partial charge in [-0.2, -0.15) is 43.9 Å². The van der Waals surface area contributed by atoms with E-state index in [-0.39, 0.29) is 96.6 Å². The maximum absolute atomic E-state index is 13.5. The van der Waals surface area contributed by atoms with Gasteiger partial charge < -0.3 is 58.5 Å². The first-order chi connectivity index (χ1) is 56.5. The summed E-state index contributed by atoms with van der Waals surface area (Å²) in [7, 11) is -20.0. The van der Waals surface area contributed by atoms with E-state index in [9.17, 15) is 81.3 Å². The molecule has 0 aromatic heterocycles. The van der Waals surface area contributed by atoms with E-state index in [1.807, 2.05) is 4.90 Å². The van der Waals surface area contributed by atoms with Crippen molar-refractivity contribution in [3.05, 3.63) is 207 Å². The number of hydrogen-bond donors (Lipinski definition) is 21. The number of thiocarbonyl (C=S) groups is 4. The molecule has 8 rings (SSSR count). The highest BCUT2D eigenvalue weighted by Gasteiger charge is 2.30. The van der Waals surface area contributed by atoms with Crippen LogP contribution in [0.5, 0.6) is 11.5 Å². The first-order valence-corrected chi connectivity index (χ1v) is 45.0. The number of anilines is 6. The quantitative estimate of drug-likeness (QED) is 0.00466. The molecule has 22 N–H and O–H groups in total. The number of nitrogens with zero attached hydrogens (tertiary/aromatic N) is 3. The van der Waals surface area contributed by atoms with Crippen LogP contribution < -0.4 is 80.8 Å². The molecule has 0 saturated heterocycles. The molecule has 634 valence electrons. The average molecular weight is 2090 g/mol. The van der Waals surface area contributed by atoms with Crippen LogP contribution in [0.25, 0.3) is 24.3 Å². The number of carbonyl (C=O) groups is 4. The van der Waals surface area contributed by atoms with Crippen molar-refractivity contribution in [3.63, 3.8) is 0 Å². The van der Waals surface area contributed by atoms with Crippen molar-refractivity contribution < 1.29 is 81.3 Å². The topological polar surface area (TPSA) is 549 Å². The lowest BCUT2D eigenvalue weighted by atomic mass is 10.1. The molecule has 0 fully saturated rings. The van der Waals surface area contributed by atoms with Gasteiger partial charge in [0.05, 0.1) is 30.3 Å². The third-order valence-electron chi connectivity index (χ3n) is 15.8. The molecule has 0 heterocycles. The van der Waals surface area contributed by atoms with Crippen molar-refractivity contribution in [2.24, 2.45) is 15.9 Å². The second kappa shape index (κ2) is 43.8. The number of nitrogens with two attached hydrogens (primary N) is 1. The van der Waals surface area contributed by atoms with E-state index in [1.54, 1.807) is 0 Å². The minimum Gasteiger partial charge on any atom is -0.506 e. The van der Waals surface area contributed by atoms with Crippen LogP contribution in [0.2, 0.25) is 10.0 Å². The fourth-order valence-electron chi connectivity index (χ4n) is 10.2. The molecule has 2 unspecified atom stereocenters. The molecule has 0 aliphatic heterocycles. The van der Waals surface area contributed by atoms with E-state index < -0.39 is 95.8 Å². The summed E-state index contributed by atoms with van der Waals surface area (Å²) in [5.41, 5.74) is 20.8. The molecule has 0 saturated carbocycles. The molecule has 120 heavy (non-hydrogen) atoms. The first kappa shape index (κ1) is 95.9. The summed E-state index contributed by atoms with van der Waals surface area (Å²) in [6.45, 7) is 1.70. The standard InChI is InChI=1S/C70H66Br4Cl2N18O18S8/c71-51-27-37(28-52(72)61(51)95)35-80-88-63(97)59(82-45-17-9-43(75)10-18-45)65(99)90-92-69(115)86-49-15-7-41(57(33-49)119(107,108)109)3-1-39-5-13-47(31-55(39)117(101,102)103)84-67(113)78-22-25-94(24-21-77)26-23-79-68(114)85-48-14-6-40(56(32-48)118(104,105)106)2-4-42-8-16-50(34-58(42)120(110,111)112)87-70(116)93-91-66(100)60(83-46-19-11-44(76)12-20-46)64(98)89-81-36-38-29-53(73)62(96)54(74)30-38/h1-20,27-36,59-60,82-83,95-96H,21-26,77H2,(H,88,97)(H,89,98)(H,90,99)(H,91,100)(H2,78,84,113)(H2,79,85,114)(H2,86,92,115)(H2,87,93,116)(H,101,102,103)(H,104,105,106)(H,107,108,109)(H,110,111,112)/b3-1+,4-2+,80-35+,81-36+. The van der Waals surface area contributed by atoms with Crippen LogP contribution in [0, 0.1) is 0 Å². The molecule has 0 aliphatic rings. The van der Waals surface area contributed by atoms with Gasteiger partial charge >= 0.3 is 0 Å². The predicted molar refractivity (Wildman–Crippen MR) is 488 cm³/mol. The van der Waals surface area contributed by atoms with Gasteiger partial charge in [0.25, 0.3) is 64.1 Å². The number of phenolic OH excluding ortho intramolecular Hbond substituents is 2. The summed E-state index contributed by atoms with van der Waals surface area (Å²) in [5, 5.41) is 50.5. The Morgan fingerprint density at radius 1 is 0.408 bits per heavy atom. The fraction of sp³-hybridized carbons (Fsp3) is 0.114. The molecule has 36 nitrogen and oxygen atoms in total. The number of hydrogen-bond acceptors (Lipinski definition) is 24. The Morgan fingerprint density at radius 3 is 0.958 bits per heavy atom. The van der Waals surface area contributed by atoms with Crippen LogP contribution in [0.3, 0.4) is 0 Å². The van der Waals surface area contributed by atoms with Gasteiger partial charge in [-0.3, -0.25) is 64.0 Å². The maximum Gasteiger partial charge on any atom is 0.295 e. The van der Waals surface area contributed by atoms with Crippen LogP contribution in [0.1, 0.15) is 33.4 Å². The van der Waals surface area contributed by atoms with Crippen LogP contribution in [0.15, 0.2) is 193 Å². The molecular formula is C70H66Br4Cl2N18O18S8. The van der Waals surface area contributed by atoms with E-state index >= 15 is 0 Å². The lowest BCUT2D eigenvalue weighted by Crippen LogP contribution is -2.54. The Balaban J connectivity index is 0.815.